The zero-order valence-electron chi connectivity index (χ0n) is 15.0. The topological polar surface area (TPSA) is 43.4 Å². The fourth-order valence-electron chi connectivity index (χ4n) is 2.57. The van der Waals surface area contributed by atoms with Crippen LogP contribution in [-0.2, 0) is 19.7 Å². The average molecular weight is 389 g/mol. The molecule has 1 N–H and O–H groups in total. The van der Waals surface area contributed by atoms with Crippen LogP contribution in [0.15, 0.2) is 67.0 Å². The predicted molar refractivity (Wildman–Crippen MR) is 106 cm³/mol. The summed E-state index contributed by atoms with van der Waals surface area (Å²) in [5.74, 6) is 0.941. The maximum absolute atomic E-state index is 13.7. The number of halogens is 2. The van der Waals surface area contributed by atoms with E-state index in [9.17, 15) is 4.39 Å². The maximum Gasteiger partial charge on any atom is 0.161 e. The summed E-state index contributed by atoms with van der Waals surface area (Å²) in [7, 11) is 1.60. The largest absolute Gasteiger partial charge is 0.493 e. The third kappa shape index (κ3) is 5.94. The molecule has 0 radical (unpaired) electrons. The number of benzene rings is 2. The van der Waals surface area contributed by atoms with E-state index in [0.29, 0.717) is 23.6 Å². The van der Waals surface area contributed by atoms with Gasteiger partial charge in [0.1, 0.15) is 12.4 Å². The summed E-state index contributed by atoms with van der Waals surface area (Å²) in [5, 5.41) is 3.37. The van der Waals surface area contributed by atoms with Crippen LogP contribution in [0.25, 0.3) is 0 Å². The molecule has 0 saturated heterocycles. The van der Waals surface area contributed by atoms with Crippen LogP contribution in [-0.4, -0.2) is 12.1 Å². The molecule has 142 valence electrons. The number of methoxy groups -OCH3 is 1. The van der Waals surface area contributed by atoms with E-state index in [1.54, 1.807) is 31.5 Å². The lowest BCUT2D eigenvalue weighted by atomic mass is 10.2. The van der Waals surface area contributed by atoms with Gasteiger partial charge in [-0.25, -0.2) is 4.39 Å². The molecule has 27 heavy (non-hydrogen) atoms. The van der Waals surface area contributed by atoms with Gasteiger partial charge in [-0.2, -0.15) is 0 Å². The molecule has 4 nitrogen and oxygen atoms in total. The standard InChI is InChI=1S/C21H21FN2O2.ClH/c1-25-21-11-16(12-24-14-17-5-4-10-23-13-17)8-9-20(21)26-15-18-6-2-3-7-19(18)22;/h2-11,13,24H,12,14-15H2,1H3;1H. The fourth-order valence-corrected chi connectivity index (χ4v) is 2.57. The van der Waals surface area contributed by atoms with Gasteiger partial charge in [-0.3, -0.25) is 4.98 Å². The highest BCUT2D eigenvalue weighted by Crippen LogP contribution is 2.29. The molecule has 0 fully saturated rings. The van der Waals surface area contributed by atoms with Crippen molar-refractivity contribution in [1.82, 2.24) is 10.3 Å². The molecule has 0 amide bonds. The van der Waals surface area contributed by atoms with Crippen molar-refractivity contribution in [3.63, 3.8) is 0 Å². The van der Waals surface area contributed by atoms with Crippen molar-refractivity contribution < 1.29 is 13.9 Å². The van der Waals surface area contributed by atoms with Crippen LogP contribution in [0.2, 0.25) is 0 Å². The van der Waals surface area contributed by atoms with E-state index in [4.69, 9.17) is 9.47 Å². The second-order valence-electron chi connectivity index (χ2n) is 5.83. The van der Waals surface area contributed by atoms with E-state index >= 15 is 0 Å². The number of hydrogen-bond acceptors (Lipinski definition) is 4. The van der Waals surface area contributed by atoms with Gasteiger partial charge in [-0.15, -0.1) is 12.4 Å². The van der Waals surface area contributed by atoms with Gasteiger partial charge in [0.15, 0.2) is 11.5 Å². The molecule has 0 aliphatic rings. The summed E-state index contributed by atoms with van der Waals surface area (Å²) >= 11 is 0. The first-order valence-corrected chi connectivity index (χ1v) is 8.39. The Hall–Kier alpha value is -2.63. The molecule has 6 heteroatoms. The molecule has 3 aromatic rings. The summed E-state index contributed by atoms with van der Waals surface area (Å²) in [5.41, 5.74) is 2.71. The minimum atomic E-state index is -0.275. The molecular formula is C21H22ClFN2O2. The summed E-state index contributed by atoms with van der Waals surface area (Å²) in [4.78, 5) is 4.10. The third-order valence-electron chi connectivity index (χ3n) is 3.95. The Labute approximate surface area is 164 Å². The van der Waals surface area contributed by atoms with Gasteiger partial charge in [0.25, 0.3) is 0 Å². The highest BCUT2D eigenvalue weighted by Gasteiger charge is 2.08. The van der Waals surface area contributed by atoms with Crippen molar-refractivity contribution in [2.45, 2.75) is 19.7 Å². The SMILES string of the molecule is COc1cc(CNCc2cccnc2)ccc1OCc1ccccc1F.Cl. The van der Waals surface area contributed by atoms with E-state index in [0.717, 1.165) is 17.7 Å². The lowest BCUT2D eigenvalue weighted by molar-refractivity contribution is 0.279. The number of ether oxygens (including phenoxy) is 2. The van der Waals surface area contributed by atoms with E-state index in [-0.39, 0.29) is 24.8 Å². The number of nitrogens with zero attached hydrogens (tertiary/aromatic N) is 1. The van der Waals surface area contributed by atoms with Gasteiger partial charge < -0.3 is 14.8 Å². The van der Waals surface area contributed by atoms with Crippen molar-refractivity contribution in [3.8, 4) is 11.5 Å². The summed E-state index contributed by atoms with van der Waals surface area (Å²) < 4.78 is 24.8. The molecule has 0 aliphatic carbocycles. The average Bonchev–Trinajstić information content (AvgIpc) is 2.68. The number of rotatable bonds is 8. The maximum atomic E-state index is 13.7. The summed E-state index contributed by atoms with van der Waals surface area (Å²) in [6, 6.07) is 16.3. The molecule has 2 aromatic carbocycles. The van der Waals surface area contributed by atoms with E-state index < -0.39 is 0 Å². The van der Waals surface area contributed by atoms with Crippen LogP contribution < -0.4 is 14.8 Å². The second kappa shape index (κ2) is 10.5. The van der Waals surface area contributed by atoms with Crippen LogP contribution in [0.4, 0.5) is 4.39 Å². The van der Waals surface area contributed by atoms with Crippen molar-refractivity contribution in [2.75, 3.05) is 7.11 Å². The smallest absolute Gasteiger partial charge is 0.161 e. The molecule has 0 bridgehead atoms. The van der Waals surface area contributed by atoms with Crippen molar-refractivity contribution in [2.24, 2.45) is 0 Å². The van der Waals surface area contributed by atoms with Gasteiger partial charge in [0, 0.05) is 31.0 Å². The Bertz CT molecular complexity index is 847. The molecule has 0 aliphatic heterocycles. The van der Waals surface area contributed by atoms with Crippen LogP contribution in [0.5, 0.6) is 11.5 Å². The van der Waals surface area contributed by atoms with Crippen molar-refractivity contribution in [3.05, 3.63) is 89.5 Å². The zero-order valence-corrected chi connectivity index (χ0v) is 15.8. The Kier molecular flexibility index (Phi) is 8.04. The number of aromatic nitrogens is 1. The summed E-state index contributed by atoms with van der Waals surface area (Å²) in [6.07, 6.45) is 3.60. The Morgan fingerprint density at radius 3 is 2.52 bits per heavy atom. The van der Waals surface area contributed by atoms with Crippen molar-refractivity contribution in [1.29, 1.82) is 0 Å². The summed E-state index contributed by atoms with van der Waals surface area (Å²) in [6.45, 7) is 1.59. The minimum Gasteiger partial charge on any atom is -0.493 e. The minimum absolute atomic E-state index is 0. The molecule has 0 atom stereocenters. The van der Waals surface area contributed by atoms with Gasteiger partial charge in [0.2, 0.25) is 0 Å². The van der Waals surface area contributed by atoms with Crippen LogP contribution in [0.1, 0.15) is 16.7 Å². The van der Waals surface area contributed by atoms with Gasteiger partial charge in [-0.05, 0) is 35.4 Å². The molecule has 0 unspecified atom stereocenters. The van der Waals surface area contributed by atoms with Gasteiger partial charge >= 0.3 is 0 Å². The lowest BCUT2D eigenvalue weighted by Crippen LogP contribution is -2.12. The molecule has 1 aromatic heterocycles. The number of nitrogens with one attached hydrogen (secondary N) is 1. The highest BCUT2D eigenvalue weighted by molar-refractivity contribution is 5.85. The quantitative estimate of drug-likeness (QED) is 0.616. The Morgan fingerprint density at radius 1 is 0.963 bits per heavy atom. The molecule has 0 spiro atoms. The van der Waals surface area contributed by atoms with Crippen LogP contribution >= 0.6 is 12.4 Å². The fraction of sp³-hybridized carbons (Fsp3) is 0.190. The molecule has 3 rings (SSSR count). The first-order valence-electron chi connectivity index (χ1n) is 8.39. The second-order valence-corrected chi connectivity index (χ2v) is 5.83. The number of hydrogen-bond donors (Lipinski definition) is 1. The Morgan fingerprint density at radius 2 is 1.78 bits per heavy atom. The van der Waals surface area contributed by atoms with E-state index in [1.165, 1.54) is 6.07 Å². The molecule has 0 saturated carbocycles. The predicted octanol–water partition coefficient (Wildman–Crippen LogP) is 4.52. The van der Waals surface area contributed by atoms with E-state index in [1.807, 2.05) is 36.5 Å². The molecule has 1 heterocycles. The zero-order chi connectivity index (χ0) is 18.2. The van der Waals surface area contributed by atoms with Crippen LogP contribution in [0, 0.1) is 5.82 Å². The molecular weight excluding hydrogens is 367 g/mol. The monoisotopic (exact) mass is 388 g/mol. The van der Waals surface area contributed by atoms with E-state index in [2.05, 4.69) is 10.3 Å². The number of pyridine rings is 1. The lowest BCUT2D eigenvalue weighted by Gasteiger charge is -2.13. The Balaban J connectivity index is 0.00000261. The third-order valence-corrected chi connectivity index (χ3v) is 3.95. The first kappa shape index (κ1) is 20.7. The normalized spacial score (nSPS) is 10.1. The van der Waals surface area contributed by atoms with Crippen molar-refractivity contribution >= 4 is 12.4 Å². The highest BCUT2D eigenvalue weighted by atomic mass is 35.5. The van der Waals surface area contributed by atoms with Gasteiger partial charge in [0.05, 0.1) is 7.11 Å². The van der Waals surface area contributed by atoms with Gasteiger partial charge in [-0.1, -0.05) is 30.3 Å². The first-order chi connectivity index (χ1) is 12.8. The van der Waals surface area contributed by atoms with Crippen LogP contribution in [0.3, 0.4) is 0 Å².